The van der Waals surface area contributed by atoms with E-state index in [4.69, 9.17) is 34.6 Å². The molecule has 4 N–H and O–H groups in total. The Bertz CT molecular complexity index is 648. The molecule has 1 aliphatic carbocycles. The summed E-state index contributed by atoms with van der Waals surface area (Å²) in [6.07, 6.45) is 23.6. The third-order valence-electron chi connectivity index (χ3n) is 8.93. The molecule has 11 nitrogen and oxygen atoms in total. The van der Waals surface area contributed by atoms with Gasteiger partial charge in [0.15, 0.2) is 0 Å². The third kappa shape index (κ3) is 50.5. The van der Waals surface area contributed by atoms with Crippen molar-refractivity contribution >= 4 is 12.1 Å². The minimum Gasteiger partial charge on any atom is -0.462 e. The summed E-state index contributed by atoms with van der Waals surface area (Å²) >= 11 is 0. The smallest absolute Gasteiger partial charge is 0.462 e. The number of unbranched alkanes of at least 4 members (excludes halogenated alkanes) is 7. The van der Waals surface area contributed by atoms with Crippen LogP contribution >= 0.6 is 0 Å². The average Bonchev–Trinajstić information content (AvgIpc) is 3.86. The van der Waals surface area contributed by atoms with E-state index < -0.39 is 6.16 Å². The number of carbonyl (C=O) groups excluding carboxylic acids is 2. The molecule has 2 heterocycles. The maximum absolute atomic E-state index is 10.4. The second-order valence-electron chi connectivity index (χ2n) is 14.1. The third-order valence-corrected chi connectivity index (χ3v) is 8.93. The standard InChI is InChI=1S/C9H18O.2C7H16O.C6H10O2.C5H8O3.C5H12O2.C5H12O/c1-2-8-3-5-9(7-10)6-4-8;1-3-5-7-8-6-4-2;1-2-3-4-5-6-7-8;1-2-5-3-4-6(7)8-5;1-2-4-3-7-5(6)8-4;1-2-4-7-5-3-6;1-2-3-4-5-6/h8-10H,2-7H2,1H3;3-7H2,1-2H3;8H,2-7H2,1H3;5H,2-4H2,1H3;4H,2-3H2,1H3;6H,2-5H2,1H3;6H,2-5H2,1H3. The van der Waals surface area contributed by atoms with Crippen molar-refractivity contribution in [1.29, 1.82) is 0 Å². The first-order valence-corrected chi connectivity index (χ1v) is 22.3. The Balaban J connectivity index is -0.000000277. The fourth-order valence-corrected chi connectivity index (χ4v) is 5.14. The zero-order valence-electron chi connectivity index (χ0n) is 37.2. The van der Waals surface area contributed by atoms with E-state index >= 15 is 0 Å². The van der Waals surface area contributed by atoms with Crippen molar-refractivity contribution in [3.05, 3.63) is 0 Å². The highest BCUT2D eigenvalue weighted by atomic mass is 16.8. The summed E-state index contributed by atoms with van der Waals surface area (Å²) in [5.41, 5.74) is 0. The van der Waals surface area contributed by atoms with E-state index in [2.05, 4.69) is 44.1 Å². The molecule has 0 radical (unpaired) electrons. The molecular formula is C44H92O11. The van der Waals surface area contributed by atoms with Crippen molar-refractivity contribution in [3.8, 4) is 0 Å². The van der Waals surface area contributed by atoms with Gasteiger partial charge in [0.2, 0.25) is 0 Å². The van der Waals surface area contributed by atoms with Crippen LogP contribution in [0, 0.1) is 11.8 Å². The molecule has 334 valence electrons. The van der Waals surface area contributed by atoms with Crippen LogP contribution in [0.2, 0.25) is 0 Å². The van der Waals surface area contributed by atoms with Gasteiger partial charge in [-0.15, -0.1) is 0 Å². The summed E-state index contributed by atoms with van der Waals surface area (Å²) in [6, 6.07) is 0. The Hall–Kier alpha value is -1.50. The van der Waals surface area contributed by atoms with E-state index in [-0.39, 0.29) is 24.8 Å². The summed E-state index contributed by atoms with van der Waals surface area (Å²) in [7, 11) is 0. The van der Waals surface area contributed by atoms with E-state index in [0.717, 1.165) is 77.1 Å². The number of hydrogen-bond acceptors (Lipinski definition) is 11. The van der Waals surface area contributed by atoms with Crippen LogP contribution in [0.1, 0.15) is 190 Å². The number of aliphatic hydroxyl groups excluding tert-OH is 4. The monoisotopic (exact) mass is 797 g/mol. The highest BCUT2D eigenvalue weighted by molar-refractivity contribution is 5.71. The molecule has 3 fully saturated rings. The molecule has 2 atom stereocenters. The van der Waals surface area contributed by atoms with Crippen molar-refractivity contribution in [3.63, 3.8) is 0 Å². The number of cyclic esters (lactones) is 3. The number of hydrogen-bond donors (Lipinski definition) is 4. The highest BCUT2D eigenvalue weighted by Gasteiger charge is 2.22. The fraction of sp³-hybridized carbons (Fsp3) is 0.955. The summed E-state index contributed by atoms with van der Waals surface area (Å²) in [5, 5.41) is 33.6. The lowest BCUT2D eigenvalue weighted by molar-refractivity contribution is -0.141. The first kappa shape index (κ1) is 60.2. The van der Waals surface area contributed by atoms with Gasteiger partial charge in [0.25, 0.3) is 0 Å². The molecule has 0 aromatic rings. The van der Waals surface area contributed by atoms with Crippen molar-refractivity contribution in [2.75, 3.05) is 59.5 Å². The number of aliphatic hydroxyl groups is 4. The van der Waals surface area contributed by atoms with Gasteiger partial charge in [-0.1, -0.05) is 120 Å². The molecule has 2 aliphatic heterocycles. The lowest BCUT2D eigenvalue weighted by atomic mass is 9.81. The number of ether oxygens (including phenoxy) is 5. The minimum atomic E-state index is -0.531. The Morgan fingerprint density at radius 2 is 1.02 bits per heavy atom. The fourth-order valence-electron chi connectivity index (χ4n) is 5.14. The summed E-state index contributed by atoms with van der Waals surface area (Å²) in [4.78, 5) is 20.6. The molecular weight excluding hydrogens is 704 g/mol. The molecule has 3 aliphatic rings. The largest absolute Gasteiger partial charge is 0.508 e. The van der Waals surface area contributed by atoms with Crippen LogP contribution in [-0.4, -0.2) is 104 Å². The predicted molar refractivity (Wildman–Crippen MR) is 225 cm³/mol. The molecule has 2 saturated heterocycles. The van der Waals surface area contributed by atoms with E-state index in [0.29, 0.717) is 45.4 Å². The topological polar surface area (TPSA) is 161 Å². The van der Waals surface area contributed by atoms with Gasteiger partial charge in [0.05, 0.1) is 13.2 Å². The highest BCUT2D eigenvalue weighted by Crippen LogP contribution is 2.29. The van der Waals surface area contributed by atoms with Gasteiger partial charge in [0.1, 0.15) is 18.8 Å². The molecule has 0 bridgehead atoms. The Labute approximate surface area is 339 Å². The molecule has 0 aromatic heterocycles. The summed E-state index contributed by atoms with van der Waals surface area (Å²) in [6.45, 7) is 21.7. The van der Waals surface area contributed by atoms with Crippen LogP contribution in [0.5, 0.6) is 0 Å². The van der Waals surface area contributed by atoms with E-state index in [1.807, 2.05) is 20.8 Å². The van der Waals surface area contributed by atoms with Gasteiger partial charge >= 0.3 is 12.1 Å². The van der Waals surface area contributed by atoms with Crippen molar-refractivity contribution < 1.29 is 53.7 Å². The van der Waals surface area contributed by atoms with Gasteiger partial charge < -0.3 is 44.1 Å². The first-order chi connectivity index (χ1) is 26.7. The zero-order valence-corrected chi connectivity index (χ0v) is 37.2. The number of carbonyl (C=O) groups is 2. The second-order valence-corrected chi connectivity index (χ2v) is 14.1. The Morgan fingerprint density at radius 1 is 0.509 bits per heavy atom. The summed E-state index contributed by atoms with van der Waals surface area (Å²) < 4.78 is 24.1. The second kappa shape index (κ2) is 52.5. The molecule has 11 heteroatoms. The molecule has 0 spiro atoms. The molecule has 2 unspecified atom stereocenters. The van der Waals surface area contributed by atoms with Crippen LogP contribution in [0.3, 0.4) is 0 Å². The van der Waals surface area contributed by atoms with E-state index in [1.54, 1.807) is 0 Å². The zero-order chi connectivity index (χ0) is 42.2. The van der Waals surface area contributed by atoms with Gasteiger partial charge in [-0.3, -0.25) is 4.79 Å². The lowest BCUT2D eigenvalue weighted by Gasteiger charge is -2.26. The van der Waals surface area contributed by atoms with E-state index in [9.17, 15) is 9.59 Å². The van der Waals surface area contributed by atoms with Gasteiger partial charge in [-0.25, -0.2) is 4.79 Å². The lowest BCUT2D eigenvalue weighted by Crippen LogP contribution is -2.16. The van der Waals surface area contributed by atoms with E-state index in [1.165, 1.54) is 77.0 Å². The van der Waals surface area contributed by atoms with Crippen LogP contribution in [0.15, 0.2) is 0 Å². The maximum atomic E-state index is 10.4. The van der Waals surface area contributed by atoms with Gasteiger partial charge in [0, 0.05) is 46.1 Å². The average molecular weight is 797 g/mol. The minimum absolute atomic E-state index is 0.00231. The van der Waals surface area contributed by atoms with Crippen LogP contribution in [-0.2, 0) is 28.5 Å². The van der Waals surface area contributed by atoms with Crippen molar-refractivity contribution in [2.45, 2.75) is 202 Å². The molecule has 0 aromatic carbocycles. The molecule has 55 heavy (non-hydrogen) atoms. The molecule has 3 rings (SSSR count). The van der Waals surface area contributed by atoms with Crippen LogP contribution in [0.25, 0.3) is 0 Å². The molecule has 0 amide bonds. The molecule has 1 saturated carbocycles. The van der Waals surface area contributed by atoms with Crippen molar-refractivity contribution in [2.24, 2.45) is 11.8 Å². The first-order valence-electron chi connectivity index (χ1n) is 22.3. The van der Waals surface area contributed by atoms with Crippen molar-refractivity contribution in [1.82, 2.24) is 0 Å². The maximum Gasteiger partial charge on any atom is 0.508 e. The normalized spacial score (nSPS) is 19.3. The number of esters is 1. The number of rotatable bonds is 21. The Kier molecular flexibility index (Phi) is 57.4. The SMILES string of the molecule is CCC1CCC(=O)O1.CCC1CCC(CO)CC1.CCC1COC(=O)O1.CCCCCCCO.CCCCCO.CCCCOCCC.CCCOCCO. The van der Waals surface area contributed by atoms with Gasteiger partial charge in [-0.2, -0.15) is 0 Å². The Morgan fingerprint density at radius 3 is 1.36 bits per heavy atom. The van der Waals surface area contributed by atoms with Crippen LogP contribution in [0.4, 0.5) is 4.79 Å². The summed E-state index contributed by atoms with van der Waals surface area (Å²) in [5.74, 6) is 1.56. The predicted octanol–water partition coefficient (Wildman–Crippen LogP) is 9.97. The van der Waals surface area contributed by atoms with Gasteiger partial charge in [-0.05, 0) is 76.0 Å². The van der Waals surface area contributed by atoms with Crippen LogP contribution < -0.4 is 0 Å². The quantitative estimate of drug-likeness (QED) is 0.0646.